The van der Waals surface area contributed by atoms with Gasteiger partial charge in [-0.1, -0.05) is 0 Å². The Balaban J connectivity index is 2.27. The van der Waals surface area contributed by atoms with Gasteiger partial charge in [0.2, 0.25) is 10.0 Å². The minimum Gasteiger partial charge on any atom is -0.496 e. The van der Waals surface area contributed by atoms with Crippen LogP contribution in [0, 0.1) is 6.92 Å². The zero-order chi connectivity index (χ0) is 17.2. The first kappa shape index (κ1) is 17.0. The molecule has 2 N–H and O–H groups in total. The van der Waals surface area contributed by atoms with Gasteiger partial charge in [0.25, 0.3) is 0 Å². The maximum absolute atomic E-state index is 12.3. The molecule has 0 saturated heterocycles. The van der Waals surface area contributed by atoms with Gasteiger partial charge in [0.15, 0.2) is 0 Å². The van der Waals surface area contributed by atoms with E-state index in [-0.39, 0.29) is 22.8 Å². The fourth-order valence-corrected chi connectivity index (χ4v) is 3.13. The van der Waals surface area contributed by atoms with Crippen LogP contribution >= 0.6 is 0 Å². The summed E-state index contributed by atoms with van der Waals surface area (Å²) in [6, 6.07) is 5.44. The van der Waals surface area contributed by atoms with E-state index in [4.69, 9.17) is 9.84 Å². The summed E-state index contributed by atoms with van der Waals surface area (Å²) in [6.45, 7) is 1.86. The van der Waals surface area contributed by atoms with Gasteiger partial charge in [0.1, 0.15) is 11.3 Å². The number of carboxylic acid groups (broad SMARTS) is 1. The second-order valence-electron chi connectivity index (χ2n) is 4.89. The monoisotopic (exact) mass is 339 g/mol. The molecular formula is C14H17N3O5S. The predicted molar refractivity (Wildman–Crippen MR) is 81.9 cm³/mol. The Labute approximate surface area is 133 Å². The fourth-order valence-electron chi connectivity index (χ4n) is 2.10. The fraction of sp³-hybridized carbons (Fsp3) is 0.286. The summed E-state index contributed by atoms with van der Waals surface area (Å²) >= 11 is 0. The van der Waals surface area contributed by atoms with Gasteiger partial charge in [0.05, 0.1) is 29.9 Å². The van der Waals surface area contributed by atoms with Gasteiger partial charge >= 0.3 is 5.97 Å². The summed E-state index contributed by atoms with van der Waals surface area (Å²) in [5, 5.41) is 13.3. The van der Waals surface area contributed by atoms with Gasteiger partial charge in [-0.15, -0.1) is 0 Å². The first-order valence-corrected chi connectivity index (χ1v) is 8.13. The Morgan fingerprint density at radius 3 is 2.61 bits per heavy atom. The van der Waals surface area contributed by atoms with Crippen LogP contribution in [0.2, 0.25) is 0 Å². The third kappa shape index (κ3) is 3.69. The first-order chi connectivity index (χ1) is 10.7. The molecule has 2 aromatic rings. The van der Waals surface area contributed by atoms with Gasteiger partial charge in [-0.3, -0.25) is 4.68 Å². The molecule has 0 amide bonds. The number of aromatic nitrogens is 2. The van der Waals surface area contributed by atoms with E-state index in [2.05, 4.69) is 9.82 Å². The van der Waals surface area contributed by atoms with Crippen LogP contribution in [-0.2, 0) is 23.6 Å². The maximum Gasteiger partial charge on any atom is 0.339 e. The highest BCUT2D eigenvalue weighted by molar-refractivity contribution is 7.89. The molecule has 0 spiro atoms. The summed E-state index contributed by atoms with van der Waals surface area (Å²) in [7, 11) is -0.824. The smallest absolute Gasteiger partial charge is 0.339 e. The molecule has 124 valence electrons. The highest BCUT2D eigenvalue weighted by Crippen LogP contribution is 2.22. The number of hydrogen-bond acceptors (Lipinski definition) is 5. The largest absolute Gasteiger partial charge is 0.496 e. The number of sulfonamides is 1. The normalized spacial score (nSPS) is 11.4. The van der Waals surface area contributed by atoms with E-state index in [1.807, 2.05) is 0 Å². The summed E-state index contributed by atoms with van der Waals surface area (Å²) < 4.78 is 33.6. The second-order valence-corrected chi connectivity index (χ2v) is 6.66. The number of carbonyl (C=O) groups is 1. The van der Waals surface area contributed by atoms with Crippen molar-refractivity contribution in [1.82, 2.24) is 14.5 Å². The lowest BCUT2D eigenvalue weighted by atomic mass is 10.2. The van der Waals surface area contributed by atoms with Crippen molar-refractivity contribution in [1.29, 1.82) is 0 Å². The van der Waals surface area contributed by atoms with Crippen LogP contribution in [0.4, 0.5) is 0 Å². The molecule has 8 nitrogen and oxygen atoms in total. The summed E-state index contributed by atoms with van der Waals surface area (Å²) in [4.78, 5) is 11.0. The second kappa shape index (κ2) is 6.39. The van der Waals surface area contributed by atoms with Gasteiger partial charge in [-0.25, -0.2) is 17.9 Å². The van der Waals surface area contributed by atoms with Gasteiger partial charge < -0.3 is 9.84 Å². The Morgan fingerprint density at radius 1 is 1.39 bits per heavy atom. The third-order valence-electron chi connectivity index (χ3n) is 3.25. The standard InChI is InChI=1S/C14H17N3O5S/c1-9-6-10(17(2)16-9)8-15-23(20,21)11-4-5-13(22-3)12(7-11)14(18)19/h4-7,15H,8H2,1-3H3,(H,18,19). The summed E-state index contributed by atoms with van der Waals surface area (Å²) in [5.74, 6) is -1.17. The minimum absolute atomic E-state index is 0.0497. The van der Waals surface area contributed by atoms with Crippen molar-refractivity contribution >= 4 is 16.0 Å². The molecule has 0 atom stereocenters. The molecule has 23 heavy (non-hydrogen) atoms. The maximum atomic E-state index is 12.3. The van der Waals surface area contributed by atoms with Gasteiger partial charge in [-0.05, 0) is 31.2 Å². The van der Waals surface area contributed by atoms with Crippen molar-refractivity contribution < 1.29 is 23.1 Å². The first-order valence-electron chi connectivity index (χ1n) is 6.65. The number of rotatable bonds is 6. The van der Waals surface area contributed by atoms with E-state index in [9.17, 15) is 13.2 Å². The average molecular weight is 339 g/mol. The minimum atomic E-state index is -3.86. The number of aromatic carboxylic acids is 1. The Hall–Kier alpha value is -2.39. The number of carboxylic acids is 1. The van der Waals surface area contributed by atoms with E-state index in [0.717, 1.165) is 11.8 Å². The van der Waals surface area contributed by atoms with E-state index in [1.165, 1.54) is 19.2 Å². The summed E-state index contributed by atoms with van der Waals surface area (Å²) in [6.07, 6.45) is 0. The SMILES string of the molecule is COc1ccc(S(=O)(=O)NCc2cc(C)nn2C)cc1C(=O)O. The molecule has 0 bridgehead atoms. The highest BCUT2D eigenvalue weighted by Gasteiger charge is 2.19. The number of methoxy groups -OCH3 is 1. The molecule has 9 heteroatoms. The van der Waals surface area contributed by atoms with Gasteiger partial charge in [0, 0.05) is 7.05 Å². The van der Waals surface area contributed by atoms with Crippen molar-refractivity contribution in [3.05, 3.63) is 41.2 Å². The van der Waals surface area contributed by atoms with Crippen LogP contribution in [0.3, 0.4) is 0 Å². The van der Waals surface area contributed by atoms with Crippen molar-refractivity contribution in [2.24, 2.45) is 7.05 Å². The number of nitrogens with one attached hydrogen (secondary N) is 1. The number of ether oxygens (including phenoxy) is 1. The molecule has 1 aromatic heterocycles. The lowest BCUT2D eigenvalue weighted by Gasteiger charge is -2.10. The number of benzene rings is 1. The molecule has 1 aromatic carbocycles. The van der Waals surface area contributed by atoms with Crippen molar-refractivity contribution in [3.8, 4) is 5.75 Å². The van der Waals surface area contributed by atoms with Crippen molar-refractivity contribution in [3.63, 3.8) is 0 Å². The number of nitrogens with zero attached hydrogens (tertiary/aromatic N) is 2. The van der Waals surface area contributed by atoms with Crippen LogP contribution in [0.1, 0.15) is 21.7 Å². The Morgan fingerprint density at radius 2 is 2.09 bits per heavy atom. The molecule has 0 fully saturated rings. The molecule has 0 aliphatic carbocycles. The number of hydrogen-bond donors (Lipinski definition) is 2. The van der Waals surface area contributed by atoms with Crippen molar-refractivity contribution in [2.75, 3.05) is 7.11 Å². The van der Waals surface area contributed by atoms with Crippen molar-refractivity contribution in [2.45, 2.75) is 18.4 Å². The van der Waals surface area contributed by atoms with E-state index in [1.54, 1.807) is 24.7 Å². The number of aryl methyl sites for hydroxylation is 2. The van der Waals surface area contributed by atoms with Crippen LogP contribution in [0.5, 0.6) is 5.75 Å². The molecule has 0 radical (unpaired) electrons. The topological polar surface area (TPSA) is 111 Å². The lowest BCUT2D eigenvalue weighted by Crippen LogP contribution is -2.24. The van der Waals surface area contributed by atoms with Gasteiger partial charge in [-0.2, -0.15) is 5.10 Å². The zero-order valence-electron chi connectivity index (χ0n) is 12.9. The van der Waals surface area contributed by atoms with Crippen LogP contribution in [0.25, 0.3) is 0 Å². The Kier molecular flexibility index (Phi) is 4.71. The molecular weight excluding hydrogens is 322 g/mol. The van der Waals surface area contributed by atoms with E-state index < -0.39 is 16.0 Å². The van der Waals surface area contributed by atoms with E-state index >= 15 is 0 Å². The molecule has 1 heterocycles. The third-order valence-corrected chi connectivity index (χ3v) is 4.65. The van der Waals surface area contributed by atoms with Crippen LogP contribution in [-0.4, -0.2) is 36.4 Å². The zero-order valence-corrected chi connectivity index (χ0v) is 13.7. The molecule has 0 aliphatic rings. The molecule has 2 rings (SSSR count). The molecule has 0 unspecified atom stereocenters. The van der Waals surface area contributed by atoms with Crippen LogP contribution in [0.15, 0.2) is 29.2 Å². The Bertz CT molecular complexity index is 842. The molecule has 0 saturated carbocycles. The highest BCUT2D eigenvalue weighted by atomic mass is 32.2. The lowest BCUT2D eigenvalue weighted by molar-refractivity contribution is 0.0693. The summed E-state index contributed by atoms with van der Waals surface area (Å²) in [5.41, 5.74) is 1.25. The van der Waals surface area contributed by atoms with Crippen LogP contribution < -0.4 is 9.46 Å². The predicted octanol–water partition coefficient (Wildman–Crippen LogP) is 0.914. The quantitative estimate of drug-likeness (QED) is 0.809. The van der Waals surface area contributed by atoms with E-state index in [0.29, 0.717) is 5.69 Å². The molecule has 0 aliphatic heterocycles. The average Bonchev–Trinajstić information content (AvgIpc) is 2.82.